The molecule has 2 heteroatoms. The molecule has 2 nitrogen and oxygen atoms in total. The van der Waals surface area contributed by atoms with E-state index in [9.17, 15) is 0 Å². The van der Waals surface area contributed by atoms with Gasteiger partial charge in [-0.15, -0.1) is 0 Å². The molecule has 0 saturated heterocycles. The Hall–Kier alpha value is -2.92. The summed E-state index contributed by atoms with van der Waals surface area (Å²) < 4.78 is 0. The van der Waals surface area contributed by atoms with Crippen molar-refractivity contribution in [2.24, 2.45) is 0 Å². The molecule has 3 aromatic rings. The van der Waals surface area contributed by atoms with Crippen LogP contribution in [0.3, 0.4) is 0 Å². The van der Waals surface area contributed by atoms with Gasteiger partial charge in [0.2, 0.25) is 0 Å². The molecule has 0 N–H and O–H groups in total. The summed E-state index contributed by atoms with van der Waals surface area (Å²) in [5.74, 6) is 6.33. The second-order valence-corrected chi connectivity index (χ2v) is 5.59. The van der Waals surface area contributed by atoms with Crippen LogP contribution in [0.1, 0.15) is 31.9 Å². The van der Waals surface area contributed by atoms with E-state index in [2.05, 4.69) is 48.0 Å². The third-order valence-corrected chi connectivity index (χ3v) is 3.74. The Morgan fingerprint density at radius 1 is 0.833 bits per heavy atom. The van der Waals surface area contributed by atoms with E-state index in [0.717, 1.165) is 47.5 Å². The van der Waals surface area contributed by atoms with Crippen molar-refractivity contribution in [2.45, 2.75) is 26.2 Å². The van der Waals surface area contributed by atoms with Crippen molar-refractivity contribution >= 4 is 0 Å². The van der Waals surface area contributed by atoms with Gasteiger partial charge in [0.05, 0.1) is 17.6 Å². The molecule has 0 aliphatic carbocycles. The fourth-order valence-electron chi connectivity index (χ4n) is 2.47. The van der Waals surface area contributed by atoms with Crippen molar-refractivity contribution in [1.82, 2.24) is 9.97 Å². The zero-order valence-electron chi connectivity index (χ0n) is 13.9. The Morgan fingerprint density at radius 3 is 2.08 bits per heavy atom. The van der Waals surface area contributed by atoms with Gasteiger partial charge in [0.15, 0.2) is 0 Å². The first kappa shape index (κ1) is 16.0. The first-order valence-corrected chi connectivity index (χ1v) is 8.35. The van der Waals surface area contributed by atoms with Crippen LogP contribution in [-0.4, -0.2) is 9.97 Å². The highest BCUT2D eigenvalue weighted by Gasteiger charge is 2.11. The minimum Gasteiger partial charge on any atom is -0.251 e. The van der Waals surface area contributed by atoms with Crippen LogP contribution in [0.15, 0.2) is 66.9 Å². The van der Waals surface area contributed by atoms with E-state index in [1.807, 2.05) is 36.4 Å². The van der Waals surface area contributed by atoms with Gasteiger partial charge in [-0.05, 0) is 12.3 Å². The van der Waals surface area contributed by atoms with Crippen LogP contribution in [-0.2, 0) is 0 Å². The summed E-state index contributed by atoms with van der Waals surface area (Å²) in [6.45, 7) is 2.17. The quantitative estimate of drug-likeness (QED) is 0.479. The van der Waals surface area contributed by atoms with E-state index < -0.39 is 0 Å². The van der Waals surface area contributed by atoms with Crippen molar-refractivity contribution in [3.05, 3.63) is 72.6 Å². The van der Waals surface area contributed by atoms with Crippen LogP contribution in [0, 0.1) is 11.8 Å². The molecular formula is C22H20N2. The molecule has 0 spiro atoms. The Morgan fingerprint density at radius 2 is 1.46 bits per heavy atom. The van der Waals surface area contributed by atoms with E-state index in [0.29, 0.717) is 0 Å². The number of unbranched alkanes of at least 4 members (excludes halogenated alkanes) is 2. The molecule has 0 radical (unpaired) electrons. The van der Waals surface area contributed by atoms with E-state index in [1.165, 1.54) is 0 Å². The number of hydrogen-bond donors (Lipinski definition) is 0. The van der Waals surface area contributed by atoms with Crippen LogP contribution in [0.4, 0.5) is 0 Å². The highest BCUT2D eigenvalue weighted by Crippen LogP contribution is 2.28. The molecule has 1 aromatic heterocycles. The van der Waals surface area contributed by atoms with E-state index in [-0.39, 0.29) is 0 Å². The van der Waals surface area contributed by atoms with Crippen molar-refractivity contribution in [1.29, 1.82) is 0 Å². The molecule has 0 aliphatic heterocycles. The highest BCUT2D eigenvalue weighted by atomic mass is 14.8. The lowest BCUT2D eigenvalue weighted by Gasteiger charge is -2.08. The molecule has 118 valence electrons. The maximum Gasteiger partial charge on any atom is 0.132 e. The maximum absolute atomic E-state index is 4.78. The first-order chi connectivity index (χ1) is 11.9. The topological polar surface area (TPSA) is 25.8 Å². The van der Waals surface area contributed by atoms with Crippen LogP contribution < -0.4 is 0 Å². The predicted octanol–water partition coefficient (Wildman–Crippen LogP) is 5.35. The lowest BCUT2D eigenvalue weighted by molar-refractivity contribution is 0.828. The standard InChI is InChI=1S/C22H20N2/c1-2-3-4-11-16-20-17-23-21(18-12-7-5-8-13-18)22(24-20)19-14-9-6-10-15-19/h5-10,12-15,17H,2-4H2,1H3. The number of rotatable bonds is 4. The van der Waals surface area contributed by atoms with Crippen molar-refractivity contribution in [3.63, 3.8) is 0 Å². The summed E-state index contributed by atoms with van der Waals surface area (Å²) in [6, 6.07) is 20.3. The molecule has 24 heavy (non-hydrogen) atoms. The Kier molecular flexibility index (Phi) is 5.37. The van der Waals surface area contributed by atoms with Crippen molar-refractivity contribution in [3.8, 4) is 34.4 Å². The zero-order valence-corrected chi connectivity index (χ0v) is 13.9. The van der Waals surface area contributed by atoms with Crippen LogP contribution in [0.2, 0.25) is 0 Å². The summed E-state index contributed by atoms with van der Waals surface area (Å²) in [7, 11) is 0. The second kappa shape index (κ2) is 8.08. The van der Waals surface area contributed by atoms with Crippen LogP contribution in [0.5, 0.6) is 0 Å². The zero-order chi connectivity index (χ0) is 16.6. The summed E-state index contributed by atoms with van der Waals surface area (Å²) in [4.78, 5) is 9.44. The van der Waals surface area contributed by atoms with Gasteiger partial charge in [0, 0.05) is 17.5 Å². The second-order valence-electron chi connectivity index (χ2n) is 5.59. The molecule has 3 rings (SSSR count). The van der Waals surface area contributed by atoms with E-state index in [4.69, 9.17) is 4.98 Å². The van der Waals surface area contributed by atoms with E-state index >= 15 is 0 Å². The van der Waals surface area contributed by atoms with Gasteiger partial charge in [0.25, 0.3) is 0 Å². The van der Waals surface area contributed by atoms with Crippen molar-refractivity contribution < 1.29 is 0 Å². The van der Waals surface area contributed by atoms with Gasteiger partial charge in [-0.3, -0.25) is 4.98 Å². The van der Waals surface area contributed by atoms with Gasteiger partial charge in [0.1, 0.15) is 5.69 Å². The number of benzene rings is 2. The van der Waals surface area contributed by atoms with Gasteiger partial charge < -0.3 is 0 Å². The fourth-order valence-corrected chi connectivity index (χ4v) is 2.47. The third-order valence-electron chi connectivity index (χ3n) is 3.74. The first-order valence-electron chi connectivity index (χ1n) is 8.35. The molecular weight excluding hydrogens is 292 g/mol. The Balaban J connectivity index is 2.04. The molecule has 0 bridgehead atoms. The highest BCUT2D eigenvalue weighted by molar-refractivity contribution is 5.77. The van der Waals surface area contributed by atoms with Crippen LogP contribution in [0.25, 0.3) is 22.5 Å². The maximum atomic E-state index is 4.78. The number of hydrogen-bond acceptors (Lipinski definition) is 2. The lowest BCUT2D eigenvalue weighted by atomic mass is 10.0. The largest absolute Gasteiger partial charge is 0.251 e. The van der Waals surface area contributed by atoms with Gasteiger partial charge in [-0.1, -0.05) is 79.9 Å². The average molecular weight is 312 g/mol. The fraction of sp³-hybridized carbons (Fsp3) is 0.182. The van der Waals surface area contributed by atoms with Gasteiger partial charge in [-0.2, -0.15) is 0 Å². The number of aromatic nitrogens is 2. The minimum atomic E-state index is 0.727. The number of nitrogens with zero attached hydrogens (tertiary/aromatic N) is 2. The molecule has 0 unspecified atom stereocenters. The third kappa shape index (κ3) is 3.88. The molecule has 0 atom stereocenters. The smallest absolute Gasteiger partial charge is 0.132 e. The normalized spacial score (nSPS) is 10.0. The Bertz CT molecular complexity index is 843. The minimum absolute atomic E-state index is 0.727. The molecule has 0 amide bonds. The molecule has 0 aliphatic rings. The average Bonchev–Trinajstić information content (AvgIpc) is 2.66. The van der Waals surface area contributed by atoms with Crippen LogP contribution >= 0.6 is 0 Å². The summed E-state index contributed by atoms with van der Waals surface area (Å²) >= 11 is 0. The molecule has 0 fully saturated rings. The molecule has 2 aromatic carbocycles. The monoisotopic (exact) mass is 312 g/mol. The predicted molar refractivity (Wildman–Crippen MR) is 99.3 cm³/mol. The summed E-state index contributed by atoms with van der Waals surface area (Å²) in [6.07, 6.45) is 4.95. The van der Waals surface area contributed by atoms with Gasteiger partial charge in [-0.25, -0.2) is 4.98 Å². The molecule has 1 heterocycles. The summed E-state index contributed by atoms with van der Waals surface area (Å²) in [5.41, 5.74) is 4.62. The SMILES string of the molecule is CCCCC#Cc1cnc(-c2ccccc2)c(-c2ccccc2)n1. The lowest BCUT2D eigenvalue weighted by Crippen LogP contribution is -1.96. The van der Waals surface area contributed by atoms with Gasteiger partial charge >= 0.3 is 0 Å². The summed E-state index contributed by atoms with van der Waals surface area (Å²) in [5, 5.41) is 0. The van der Waals surface area contributed by atoms with Crippen molar-refractivity contribution in [2.75, 3.05) is 0 Å². The Labute approximate surface area is 143 Å². The van der Waals surface area contributed by atoms with E-state index in [1.54, 1.807) is 6.20 Å². The molecule has 0 saturated carbocycles.